The van der Waals surface area contributed by atoms with Gasteiger partial charge in [0.1, 0.15) is 5.15 Å². The Bertz CT molecular complexity index is 468. The third-order valence-electron chi connectivity index (χ3n) is 4.68. The summed E-state index contributed by atoms with van der Waals surface area (Å²) in [5.74, 6) is -0.0121. The van der Waals surface area contributed by atoms with Crippen LogP contribution >= 0.6 is 11.6 Å². The van der Waals surface area contributed by atoms with Gasteiger partial charge in [0.05, 0.1) is 23.5 Å². The van der Waals surface area contributed by atoms with Crippen molar-refractivity contribution in [1.29, 1.82) is 0 Å². The molecule has 1 aromatic heterocycles. The fourth-order valence-corrected chi connectivity index (χ4v) is 3.35. The molecule has 1 saturated carbocycles. The molecule has 1 aliphatic carbocycles. The summed E-state index contributed by atoms with van der Waals surface area (Å²) in [7, 11) is 0. The van der Waals surface area contributed by atoms with Crippen LogP contribution in [-0.2, 0) is 11.2 Å². The van der Waals surface area contributed by atoms with E-state index in [0.29, 0.717) is 23.2 Å². The van der Waals surface area contributed by atoms with Gasteiger partial charge >= 0.3 is 5.97 Å². The van der Waals surface area contributed by atoms with Crippen molar-refractivity contribution in [2.75, 3.05) is 0 Å². The number of rotatable bonds is 6. The van der Waals surface area contributed by atoms with Crippen molar-refractivity contribution < 1.29 is 9.90 Å². The zero-order valence-corrected chi connectivity index (χ0v) is 13.3. The summed E-state index contributed by atoms with van der Waals surface area (Å²) >= 11 is 5.73. The number of aromatic nitrogens is 2. The van der Waals surface area contributed by atoms with Crippen molar-refractivity contribution in [3.05, 3.63) is 23.2 Å². The Balaban J connectivity index is 2.02. The van der Waals surface area contributed by atoms with Gasteiger partial charge < -0.3 is 5.11 Å². The van der Waals surface area contributed by atoms with E-state index in [0.717, 1.165) is 25.7 Å². The Morgan fingerprint density at radius 3 is 2.62 bits per heavy atom. The Hall–Kier alpha value is -1.16. The minimum absolute atomic E-state index is 0.339. The normalized spacial score (nSPS) is 25.7. The van der Waals surface area contributed by atoms with E-state index in [4.69, 9.17) is 11.6 Å². The molecule has 5 heteroatoms. The van der Waals surface area contributed by atoms with E-state index in [-0.39, 0.29) is 0 Å². The van der Waals surface area contributed by atoms with Crippen molar-refractivity contribution in [1.82, 2.24) is 9.97 Å². The zero-order chi connectivity index (χ0) is 15.3. The molecular weight excluding hydrogens is 288 g/mol. The van der Waals surface area contributed by atoms with Crippen LogP contribution in [0.4, 0.5) is 0 Å². The molecule has 0 unspecified atom stereocenters. The molecule has 0 aromatic carbocycles. The van der Waals surface area contributed by atoms with Crippen LogP contribution in [0.2, 0.25) is 5.15 Å². The molecular formula is C16H23ClN2O2. The number of halogens is 1. The number of aliphatic carboxylic acids is 1. The maximum Gasteiger partial charge on any atom is 0.310 e. The lowest BCUT2D eigenvalue weighted by Crippen LogP contribution is -2.37. The molecule has 1 fully saturated rings. The summed E-state index contributed by atoms with van der Waals surface area (Å²) in [5.41, 5.74) is 0.0411. The second kappa shape index (κ2) is 7.21. The van der Waals surface area contributed by atoms with E-state index < -0.39 is 11.4 Å². The minimum atomic E-state index is -0.701. The van der Waals surface area contributed by atoms with Gasteiger partial charge in [-0.1, -0.05) is 37.8 Å². The molecule has 0 saturated heterocycles. The van der Waals surface area contributed by atoms with Gasteiger partial charge in [0.25, 0.3) is 0 Å². The van der Waals surface area contributed by atoms with Gasteiger partial charge in [0.2, 0.25) is 0 Å². The summed E-state index contributed by atoms with van der Waals surface area (Å²) in [6.45, 7) is 2.20. The van der Waals surface area contributed by atoms with Crippen LogP contribution in [0.15, 0.2) is 12.4 Å². The molecule has 0 atom stereocenters. The number of nitrogens with zero attached hydrogens (tertiary/aromatic N) is 2. The van der Waals surface area contributed by atoms with Crippen molar-refractivity contribution in [3.63, 3.8) is 0 Å². The summed E-state index contributed by atoms with van der Waals surface area (Å²) in [6.07, 6.45) is 10.7. The molecule has 0 spiro atoms. The number of unbranched alkanes of at least 4 members (excludes halogenated alkanes) is 1. The predicted octanol–water partition coefficient (Wildman–Crippen LogP) is 4.12. The largest absolute Gasteiger partial charge is 0.481 e. The van der Waals surface area contributed by atoms with E-state index >= 15 is 0 Å². The van der Waals surface area contributed by atoms with E-state index in [2.05, 4.69) is 16.9 Å². The average Bonchev–Trinajstić information content (AvgIpc) is 2.49. The van der Waals surface area contributed by atoms with Crippen LogP contribution in [0, 0.1) is 11.3 Å². The Morgan fingerprint density at radius 1 is 1.38 bits per heavy atom. The molecule has 0 aliphatic heterocycles. The maximum atomic E-state index is 11.8. The maximum absolute atomic E-state index is 11.8. The fourth-order valence-electron chi connectivity index (χ4n) is 3.25. The molecule has 1 N–H and O–H groups in total. The minimum Gasteiger partial charge on any atom is -0.481 e. The fraction of sp³-hybridized carbons (Fsp3) is 0.688. The number of hydrogen-bond donors (Lipinski definition) is 1. The number of carboxylic acid groups (broad SMARTS) is 1. The van der Waals surface area contributed by atoms with Gasteiger partial charge in [-0.3, -0.25) is 9.78 Å². The average molecular weight is 311 g/mol. The summed E-state index contributed by atoms with van der Waals surface area (Å²) in [4.78, 5) is 20.0. The van der Waals surface area contributed by atoms with Gasteiger partial charge in [-0.2, -0.15) is 0 Å². The van der Waals surface area contributed by atoms with Crippen molar-refractivity contribution in [3.8, 4) is 0 Å². The van der Waals surface area contributed by atoms with Gasteiger partial charge in [0.15, 0.2) is 0 Å². The molecule has 21 heavy (non-hydrogen) atoms. The molecule has 116 valence electrons. The zero-order valence-electron chi connectivity index (χ0n) is 12.5. The first kappa shape index (κ1) is 16.2. The van der Waals surface area contributed by atoms with E-state index in [1.807, 2.05) is 0 Å². The van der Waals surface area contributed by atoms with E-state index in [1.54, 1.807) is 6.20 Å². The standard InChI is InChI=1S/C16H23ClN2O2/c1-2-3-4-12-5-7-16(8-6-12,15(20)21)9-13-10-19-14(17)11-18-13/h10-12H,2-9H2,1H3,(H,20,21). The van der Waals surface area contributed by atoms with Crippen LogP contribution in [0.3, 0.4) is 0 Å². The highest BCUT2D eigenvalue weighted by molar-refractivity contribution is 6.29. The molecule has 4 nitrogen and oxygen atoms in total. The first-order valence-electron chi connectivity index (χ1n) is 7.75. The highest BCUT2D eigenvalue weighted by Crippen LogP contribution is 2.43. The first-order chi connectivity index (χ1) is 10.1. The first-order valence-corrected chi connectivity index (χ1v) is 8.13. The SMILES string of the molecule is CCCCC1CCC(Cc2cnc(Cl)cn2)(C(=O)O)CC1. The third-order valence-corrected chi connectivity index (χ3v) is 4.87. The van der Waals surface area contributed by atoms with Crippen LogP contribution in [0.1, 0.15) is 57.6 Å². The van der Waals surface area contributed by atoms with E-state index in [1.165, 1.54) is 25.5 Å². The van der Waals surface area contributed by atoms with Crippen molar-refractivity contribution >= 4 is 17.6 Å². The van der Waals surface area contributed by atoms with Crippen molar-refractivity contribution in [2.24, 2.45) is 11.3 Å². The second-order valence-corrected chi connectivity index (χ2v) is 6.57. The number of hydrogen-bond acceptors (Lipinski definition) is 3. The van der Waals surface area contributed by atoms with E-state index in [9.17, 15) is 9.90 Å². The highest BCUT2D eigenvalue weighted by Gasteiger charge is 2.42. The Labute approximate surface area is 131 Å². The number of carboxylic acids is 1. The molecule has 1 aliphatic rings. The summed E-state index contributed by atoms with van der Waals surface area (Å²) < 4.78 is 0. The summed E-state index contributed by atoms with van der Waals surface area (Å²) in [5, 5.41) is 10.0. The van der Waals surface area contributed by atoms with Crippen LogP contribution < -0.4 is 0 Å². The third kappa shape index (κ3) is 4.16. The molecule has 2 rings (SSSR count). The van der Waals surface area contributed by atoms with Crippen LogP contribution in [0.25, 0.3) is 0 Å². The van der Waals surface area contributed by atoms with Gasteiger partial charge in [-0.15, -0.1) is 0 Å². The lowest BCUT2D eigenvalue weighted by molar-refractivity contribution is -0.151. The van der Waals surface area contributed by atoms with Gasteiger partial charge in [-0.25, -0.2) is 4.98 Å². The lowest BCUT2D eigenvalue weighted by Gasteiger charge is -2.36. The topological polar surface area (TPSA) is 63.1 Å². The molecule has 1 heterocycles. The lowest BCUT2D eigenvalue weighted by atomic mass is 9.67. The molecule has 0 amide bonds. The smallest absolute Gasteiger partial charge is 0.310 e. The summed E-state index contributed by atoms with van der Waals surface area (Å²) in [6, 6.07) is 0. The quantitative estimate of drug-likeness (QED) is 0.858. The Morgan fingerprint density at radius 2 is 2.10 bits per heavy atom. The Kier molecular flexibility index (Phi) is 5.57. The number of carbonyl (C=O) groups is 1. The molecule has 0 bridgehead atoms. The van der Waals surface area contributed by atoms with Crippen LogP contribution in [-0.4, -0.2) is 21.0 Å². The predicted molar refractivity (Wildman–Crippen MR) is 82.3 cm³/mol. The molecule has 1 aromatic rings. The molecule has 0 radical (unpaired) electrons. The van der Waals surface area contributed by atoms with Gasteiger partial charge in [-0.05, 0) is 31.6 Å². The van der Waals surface area contributed by atoms with Crippen molar-refractivity contribution in [2.45, 2.75) is 58.3 Å². The second-order valence-electron chi connectivity index (χ2n) is 6.18. The van der Waals surface area contributed by atoms with Gasteiger partial charge in [0, 0.05) is 6.42 Å². The van der Waals surface area contributed by atoms with Crippen LogP contribution in [0.5, 0.6) is 0 Å². The highest BCUT2D eigenvalue weighted by atomic mass is 35.5. The monoisotopic (exact) mass is 310 g/mol.